The van der Waals surface area contributed by atoms with Gasteiger partial charge in [-0.05, 0) is 12.8 Å². The Morgan fingerprint density at radius 3 is 1.27 bits per heavy atom. The molecule has 9 heteroatoms. The highest BCUT2D eigenvalue weighted by Gasteiger charge is 2.54. The molecule has 2 amide bonds. The van der Waals surface area contributed by atoms with Crippen molar-refractivity contribution in [1.29, 1.82) is 0 Å². The second kappa shape index (κ2) is 32.5. The maximum absolute atomic E-state index is 13.7. The Morgan fingerprint density at radius 2 is 0.939 bits per heavy atom. The van der Waals surface area contributed by atoms with E-state index in [0.29, 0.717) is 17.7 Å². The Bertz CT molecular complexity index is 854. The van der Waals surface area contributed by atoms with Crippen LogP contribution in [0.25, 0.3) is 0 Å². The van der Waals surface area contributed by atoms with Gasteiger partial charge in [0, 0.05) is 31.3 Å². The van der Waals surface area contributed by atoms with Crippen LogP contribution >= 0.6 is 11.8 Å². The second-order valence-electron chi connectivity index (χ2n) is 14.2. The molecular formula is C40H75NO7S. The van der Waals surface area contributed by atoms with Gasteiger partial charge in [0.1, 0.15) is 0 Å². The highest BCUT2D eigenvalue weighted by molar-refractivity contribution is 7.99. The van der Waals surface area contributed by atoms with Crippen LogP contribution in [-0.2, 0) is 19.2 Å². The minimum Gasteiger partial charge on any atom is -0.479 e. The first-order valence-electron chi connectivity index (χ1n) is 20.2. The van der Waals surface area contributed by atoms with E-state index in [4.69, 9.17) is 0 Å². The van der Waals surface area contributed by atoms with Crippen molar-refractivity contribution in [3.8, 4) is 0 Å². The highest BCUT2D eigenvalue weighted by atomic mass is 32.2. The number of aliphatic carboxylic acids is 1. The topological polar surface area (TPSA) is 132 Å². The number of rotatable bonds is 36. The van der Waals surface area contributed by atoms with E-state index in [1.54, 1.807) is 0 Å². The average molecular weight is 714 g/mol. The molecule has 0 fully saturated rings. The van der Waals surface area contributed by atoms with Crippen molar-refractivity contribution in [1.82, 2.24) is 4.90 Å². The zero-order valence-corrected chi connectivity index (χ0v) is 32.6. The van der Waals surface area contributed by atoms with Crippen LogP contribution in [0.2, 0.25) is 0 Å². The van der Waals surface area contributed by atoms with E-state index in [9.17, 15) is 34.5 Å². The number of thioether (sulfide) groups is 1. The minimum atomic E-state index is -2.34. The molecule has 0 bridgehead atoms. The summed E-state index contributed by atoms with van der Waals surface area (Å²) in [4.78, 5) is 53.7. The molecule has 0 aliphatic heterocycles. The van der Waals surface area contributed by atoms with E-state index < -0.39 is 41.8 Å². The average Bonchev–Trinajstić information content (AvgIpc) is 3.07. The third kappa shape index (κ3) is 22.9. The van der Waals surface area contributed by atoms with Gasteiger partial charge in [0.05, 0.1) is 12.7 Å². The number of hydrogen-bond acceptors (Lipinski definition) is 7. The Balaban J connectivity index is 4.95. The Labute approximate surface area is 304 Å². The standard InChI is InChI=1S/C40H75NO7S/c1-4-6-8-10-12-14-16-18-20-22-24-26-28-30-37(45)40(39(47)48,34-49-33-36(44)32-42)41(35(3)43)38(46)31-29-27-25-23-21-19-17-15-13-11-9-7-5-2/h36,42,44H,4-34H2,1-3H3,(H,47,48)/t36?,40-/m1/s1. The molecule has 0 aromatic carbocycles. The molecule has 0 saturated heterocycles. The fourth-order valence-corrected chi connectivity index (χ4v) is 7.72. The number of carbonyl (C=O) groups is 4. The number of imide groups is 1. The number of aliphatic hydroxyl groups excluding tert-OH is 2. The zero-order chi connectivity index (χ0) is 36.6. The number of Topliss-reactive ketones (excluding diaryl/α,β-unsaturated/α-hetero) is 1. The second-order valence-corrected chi connectivity index (χ2v) is 15.2. The van der Waals surface area contributed by atoms with Crippen molar-refractivity contribution in [3.63, 3.8) is 0 Å². The smallest absolute Gasteiger partial charge is 0.338 e. The van der Waals surface area contributed by atoms with Crippen LogP contribution in [-0.4, -0.2) is 73.5 Å². The summed E-state index contributed by atoms with van der Waals surface area (Å²) in [6.45, 7) is 5.10. The van der Waals surface area contributed by atoms with Gasteiger partial charge in [0.2, 0.25) is 17.4 Å². The summed E-state index contributed by atoms with van der Waals surface area (Å²) in [6, 6.07) is 0. The lowest BCUT2D eigenvalue weighted by Crippen LogP contribution is -2.65. The maximum Gasteiger partial charge on any atom is 0.338 e. The molecule has 1 unspecified atom stereocenters. The summed E-state index contributed by atoms with van der Waals surface area (Å²) in [7, 11) is 0. The third-order valence-corrected chi connectivity index (χ3v) is 10.8. The number of ketones is 1. The predicted octanol–water partition coefficient (Wildman–Crippen LogP) is 9.80. The van der Waals surface area contributed by atoms with Crippen LogP contribution < -0.4 is 0 Å². The zero-order valence-electron chi connectivity index (χ0n) is 31.8. The van der Waals surface area contributed by atoms with E-state index in [-0.39, 0.29) is 24.3 Å². The van der Waals surface area contributed by atoms with Gasteiger partial charge < -0.3 is 15.3 Å². The van der Waals surface area contributed by atoms with Crippen LogP contribution in [0, 0.1) is 0 Å². The molecule has 0 aliphatic rings. The van der Waals surface area contributed by atoms with Crippen LogP contribution in [0.15, 0.2) is 0 Å². The van der Waals surface area contributed by atoms with E-state index in [2.05, 4.69) is 13.8 Å². The molecule has 0 aromatic heterocycles. The van der Waals surface area contributed by atoms with Gasteiger partial charge in [-0.1, -0.05) is 168 Å². The Hall–Kier alpha value is -1.45. The molecule has 0 radical (unpaired) electrons. The molecule has 0 rings (SSSR count). The summed E-state index contributed by atoms with van der Waals surface area (Å²) in [5.41, 5.74) is -2.34. The lowest BCUT2D eigenvalue weighted by Gasteiger charge is -2.37. The summed E-state index contributed by atoms with van der Waals surface area (Å²) in [5.74, 6) is -3.95. The molecule has 2 atom stereocenters. The molecular weight excluding hydrogens is 639 g/mol. The quantitative estimate of drug-likeness (QED) is 0.0432. The SMILES string of the molecule is CCCCCCCCCCCCCCCC(=O)N(C(C)=O)[C@@](CSCC(O)CO)(C(=O)O)C(=O)CCCCCCCCCCCCCCC. The van der Waals surface area contributed by atoms with E-state index in [1.165, 1.54) is 103 Å². The number of carbonyl (C=O) groups excluding carboxylic acids is 3. The van der Waals surface area contributed by atoms with Gasteiger partial charge in [0.15, 0.2) is 5.78 Å². The monoisotopic (exact) mass is 714 g/mol. The molecule has 8 nitrogen and oxygen atoms in total. The normalized spacial score (nSPS) is 13.2. The molecule has 0 heterocycles. The first kappa shape index (κ1) is 47.5. The summed E-state index contributed by atoms with van der Waals surface area (Å²) < 4.78 is 0. The van der Waals surface area contributed by atoms with Gasteiger partial charge in [0.25, 0.3) is 0 Å². The largest absolute Gasteiger partial charge is 0.479 e. The molecule has 0 saturated carbocycles. The van der Waals surface area contributed by atoms with E-state index in [0.717, 1.165) is 70.1 Å². The van der Waals surface area contributed by atoms with E-state index in [1.807, 2.05) is 0 Å². The molecule has 0 spiro atoms. The Morgan fingerprint density at radius 1 is 0.592 bits per heavy atom. The van der Waals surface area contributed by atoms with Gasteiger partial charge >= 0.3 is 5.97 Å². The molecule has 288 valence electrons. The number of hydrogen-bond donors (Lipinski definition) is 3. The lowest BCUT2D eigenvalue weighted by atomic mass is 9.89. The summed E-state index contributed by atoms with van der Waals surface area (Å²) in [5, 5.41) is 29.6. The van der Waals surface area contributed by atoms with Crippen molar-refractivity contribution in [2.75, 3.05) is 18.1 Å². The summed E-state index contributed by atoms with van der Waals surface area (Å²) in [6.07, 6.45) is 28.5. The molecule has 3 N–H and O–H groups in total. The first-order valence-corrected chi connectivity index (χ1v) is 21.3. The molecule has 0 aliphatic carbocycles. The highest BCUT2D eigenvalue weighted by Crippen LogP contribution is 2.29. The van der Waals surface area contributed by atoms with Gasteiger partial charge in [-0.2, -0.15) is 11.8 Å². The number of nitrogens with zero attached hydrogens (tertiary/aromatic N) is 1. The number of unbranched alkanes of at least 4 members (excludes halogenated alkanes) is 24. The number of carboxylic acid groups (broad SMARTS) is 1. The van der Waals surface area contributed by atoms with Crippen LogP contribution in [0.1, 0.15) is 201 Å². The Kier molecular flexibility index (Phi) is 31.5. The van der Waals surface area contributed by atoms with Crippen molar-refractivity contribution >= 4 is 35.3 Å². The first-order chi connectivity index (χ1) is 23.7. The minimum absolute atomic E-state index is 0.00230. The van der Waals surface area contributed by atoms with Crippen LogP contribution in [0.5, 0.6) is 0 Å². The fraction of sp³-hybridized carbons (Fsp3) is 0.900. The van der Waals surface area contributed by atoms with Gasteiger partial charge in [-0.15, -0.1) is 0 Å². The molecule has 49 heavy (non-hydrogen) atoms. The summed E-state index contributed by atoms with van der Waals surface area (Å²) >= 11 is 0.964. The van der Waals surface area contributed by atoms with Gasteiger partial charge in [-0.3, -0.25) is 19.3 Å². The van der Waals surface area contributed by atoms with Crippen molar-refractivity contribution in [2.45, 2.75) is 212 Å². The van der Waals surface area contributed by atoms with Crippen LogP contribution in [0.4, 0.5) is 0 Å². The van der Waals surface area contributed by atoms with Crippen LogP contribution in [0.3, 0.4) is 0 Å². The lowest BCUT2D eigenvalue weighted by molar-refractivity contribution is -0.168. The van der Waals surface area contributed by atoms with E-state index >= 15 is 0 Å². The number of amides is 2. The van der Waals surface area contributed by atoms with Crippen molar-refractivity contribution in [2.24, 2.45) is 0 Å². The molecule has 0 aromatic rings. The maximum atomic E-state index is 13.7. The fourth-order valence-electron chi connectivity index (χ4n) is 6.51. The van der Waals surface area contributed by atoms with Crippen molar-refractivity contribution in [3.05, 3.63) is 0 Å². The predicted molar refractivity (Wildman–Crippen MR) is 204 cm³/mol. The third-order valence-electron chi connectivity index (χ3n) is 9.59. The number of carboxylic acids is 1. The number of aliphatic hydroxyl groups is 2. The van der Waals surface area contributed by atoms with Crippen molar-refractivity contribution < 1.29 is 34.5 Å². The van der Waals surface area contributed by atoms with Gasteiger partial charge in [-0.25, -0.2) is 4.79 Å².